The summed E-state index contributed by atoms with van der Waals surface area (Å²) < 4.78 is 14.0. The maximum atomic E-state index is 14.0. The van der Waals surface area contributed by atoms with Gasteiger partial charge in [-0.2, -0.15) is 11.8 Å². The molecule has 1 unspecified atom stereocenters. The van der Waals surface area contributed by atoms with Crippen molar-refractivity contribution in [3.63, 3.8) is 0 Å². The topological polar surface area (TPSA) is 55.1 Å². The smallest absolute Gasteiger partial charge is 0.254 e. The van der Waals surface area contributed by atoms with E-state index in [9.17, 15) is 9.18 Å². The van der Waals surface area contributed by atoms with Crippen molar-refractivity contribution in [2.45, 2.75) is 24.5 Å². The SMILES string of the molecule is CC1(CNC(=O)c2ccc(C#CCN)cc2F)CCCS1. The summed E-state index contributed by atoms with van der Waals surface area (Å²) in [5.41, 5.74) is 5.85. The number of halogens is 1. The minimum Gasteiger partial charge on any atom is -0.351 e. The molecule has 5 heteroatoms. The van der Waals surface area contributed by atoms with Gasteiger partial charge in [-0.05, 0) is 43.7 Å². The van der Waals surface area contributed by atoms with Gasteiger partial charge in [0.2, 0.25) is 0 Å². The molecule has 2 rings (SSSR count). The summed E-state index contributed by atoms with van der Waals surface area (Å²) in [6, 6.07) is 4.37. The van der Waals surface area contributed by atoms with Gasteiger partial charge in [0.05, 0.1) is 12.1 Å². The predicted molar refractivity (Wildman–Crippen MR) is 84.8 cm³/mol. The first-order valence-electron chi connectivity index (χ1n) is 6.95. The normalized spacial score (nSPS) is 20.7. The second-order valence-electron chi connectivity index (χ2n) is 5.29. The first kappa shape index (κ1) is 15.9. The van der Waals surface area contributed by atoms with E-state index in [1.807, 2.05) is 11.8 Å². The van der Waals surface area contributed by atoms with E-state index in [0.29, 0.717) is 12.1 Å². The molecular weight excluding hydrogens is 287 g/mol. The Morgan fingerprint density at radius 1 is 1.57 bits per heavy atom. The molecule has 3 nitrogen and oxygen atoms in total. The Balaban J connectivity index is 2.02. The second-order valence-corrected chi connectivity index (χ2v) is 6.97. The number of amides is 1. The minimum atomic E-state index is -0.555. The molecule has 3 N–H and O–H groups in total. The predicted octanol–water partition coefficient (Wildman–Crippen LogP) is 2.15. The Labute approximate surface area is 128 Å². The van der Waals surface area contributed by atoms with E-state index in [1.165, 1.54) is 18.6 Å². The highest BCUT2D eigenvalue weighted by atomic mass is 32.2. The molecule has 1 atom stereocenters. The van der Waals surface area contributed by atoms with Crippen molar-refractivity contribution in [3.8, 4) is 11.8 Å². The first-order chi connectivity index (χ1) is 10.0. The molecule has 1 saturated heterocycles. The standard InChI is InChI=1S/C16H19FN2OS/c1-16(7-3-9-21-16)11-19-15(20)13-6-5-12(4-2-8-18)10-14(13)17/h5-6,10H,3,7-9,11,18H2,1H3,(H,19,20). The molecular formula is C16H19FN2OS. The monoisotopic (exact) mass is 306 g/mol. The second kappa shape index (κ2) is 6.97. The molecule has 1 amide bonds. The highest BCUT2D eigenvalue weighted by Crippen LogP contribution is 2.36. The Morgan fingerprint density at radius 2 is 2.38 bits per heavy atom. The van der Waals surface area contributed by atoms with Crippen molar-refractivity contribution in [1.82, 2.24) is 5.32 Å². The van der Waals surface area contributed by atoms with E-state index in [0.717, 1.165) is 12.2 Å². The zero-order valence-corrected chi connectivity index (χ0v) is 12.9. The number of thioether (sulfide) groups is 1. The van der Waals surface area contributed by atoms with E-state index in [4.69, 9.17) is 5.73 Å². The van der Waals surface area contributed by atoms with Gasteiger partial charge in [0.15, 0.2) is 0 Å². The molecule has 1 aromatic rings. The summed E-state index contributed by atoms with van der Waals surface area (Å²) in [6.45, 7) is 2.91. The lowest BCUT2D eigenvalue weighted by atomic mass is 10.1. The van der Waals surface area contributed by atoms with Crippen LogP contribution in [0.15, 0.2) is 18.2 Å². The number of hydrogen-bond donors (Lipinski definition) is 2. The van der Waals surface area contributed by atoms with E-state index in [-0.39, 0.29) is 22.8 Å². The third kappa shape index (κ3) is 4.23. The molecule has 112 valence electrons. The number of carbonyl (C=O) groups is 1. The largest absolute Gasteiger partial charge is 0.351 e. The molecule has 0 bridgehead atoms. The van der Waals surface area contributed by atoms with Gasteiger partial charge in [-0.15, -0.1) is 0 Å². The van der Waals surface area contributed by atoms with Crippen molar-refractivity contribution in [3.05, 3.63) is 35.1 Å². The third-order valence-corrected chi connectivity index (χ3v) is 5.01. The summed E-state index contributed by atoms with van der Waals surface area (Å²) >= 11 is 1.86. The zero-order chi connectivity index (χ0) is 15.3. The summed E-state index contributed by atoms with van der Waals surface area (Å²) in [6.07, 6.45) is 2.24. The molecule has 0 spiro atoms. The number of nitrogens with one attached hydrogen (secondary N) is 1. The number of nitrogens with two attached hydrogens (primary N) is 1. The highest BCUT2D eigenvalue weighted by molar-refractivity contribution is 8.00. The number of rotatable bonds is 3. The molecule has 1 aliphatic heterocycles. The lowest BCUT2D eigenvalue weighted by Crippen LogP contribution is -2.37. The highest BCUT2D eigenvalue weighted by Gasteiger charge is 2.30. The summed E-state index contributed by atoms with van der Waals surface area (Å²) in [5, 5.41) is 2.83. The molecule has 21 heavy (non-hydrogen) atoms. The van der Waals surface area contributed by atoms with Gasteiger partial charge in [0.25, 0.3) is 5.91 Å². The lowest BCUT2D eigenvalue weighted by Gasteiger charge is -2.22. The van der Waals surface area contributed by atoms with Crippen LogP contribution in [0.3, 0.4) is 0 Å². The molecule has 0 saturated carbocycles. The Hall–Kier alpha value is -1.51. The van der Waals surface area contributed by atoms with Crippen LogP contribution < -0.4 is 11.1 Å². The van der Waals surface area contributed by atoms with Crippen LogP contribution in [-0.4, -0.2) is 29.5 Å². The summed E-state index contributed by atoms with van der Waals surface area (Å²) in [7, 11) is 0. The van der Waals surface area contributed by atoms with Gasteiger partial charge in [-0.3, -0.25) is 4.79 Å². The van der Waals surface area contributed by atoms with Gasteiger partial charge in [-0.1, -0.05) is 11.8 Å². The van der Waals surface area contributed by atoms with Crippen molar-refractivity contribution in [2.75, 3.05) is 18.8 Å². The van der Waals surface area contributed by atoms with Crippen LogP contribution in [0.2, 0.25) is 0 Å². The van der Waals surface area contributed by atoms with Crippen LogP contribution in [0.4, 0.5) is 4.39 Å². The summed E-state index contributed by atoms with van der Waals surface area (Å²) in [5.74, 6) is 5.59. The van der Waals surface area contributed by atoms with E-state index >= 15 is 0 Å². The van der Waals surface area contributed by atoms with Crippen molar-refractivity contribution >= 4 is 17.7 Å². The van der Waals surface area contributed by atoms with Crippen LogP contribution in [0.5, 0.6) is 0 Å². The van der Waals surface area contributed by atoms with Gasteiger partial charge < -0.3 is 11.1 Å². The Kier molecular flexibility index (Phi) is 5.27. The number of hydrogen-bond acceptors (Lipinski definition) is 3. The van der Waals surface area contributed by atoms with Gasteiger partial charge in [0, 0.05) is 16.9 Å². The fraction of sp³-hybridized carbons (Fsp3) is 0.438. The molecule has 1 aliphatic rings. The maximum absolute atomic E-state index is 14.0. The van der Waals surface area contributed by atoms with Crippen LogP contribution in [0, 0.1) is 17.7 Å². The molecule has 1 fully saturated rings. The fourth-order valence-electron chi connectivity index (χ4n) is 2.27. The summed E-state index contributed by atoms with van der Waals surface area (Å²) in [4.78, 5) is 12.1. The molecule has 0 radical (unpaired) electrons. The number of benzene rings is 1. The van der Waals surface area contributed by atoms with Crippen molar-refractivity contribution in [1.29, 1.82) is 0 Å². The molecule has 1 heterocycles. The van der Waals surface area contributed by atoms with E-state index < -0.39 is 5.82 Å². The van der Waals surface area contributed by atoms with E-state index in [2.05, 4.69) is 24.1 Å². The quantitative estimate of drug-likeness (QED) is 0.841. The Bertz CT molecular complexity index is 586. The van der Waals surface area contributed by atoms with Crippen LogP contribution >= 0.6 is 11.8 Å². The van der Waals surface area contributed by atoms with Crippen LogP contribution in [-0.2, 0) is 0 Å². The number of carbonyl (C=O) groups excluding carboxylic acids is 1. The van der Waals surface area contributed by atoms with Crippen molar-refractivity contribution < 1.29 is 9.18 Å². The Morgan fingerprint density at radius 3 is 3.00 bits per heavy atom. The average Bonchev–Trinajstić information content (AvgIpc) is 2.90. The van der Waals surface area contributed by atoms with Gasteiger partial charge in [-0.25, -0.2) is 4.39 Å². The fourth-order valence-corrected chi connectivity index (χ4v) is 3.51. The van der Waals surface area contributed by atoms with E-state index in [1.54, 1.807) is 6.07 Å². The minimum absolute atomic E-state index is 0.0555. The first-order valence-corrected chi connectivity index (χ1v) is 7.93. The van der Waals surface area contributed by atoms with Crippen LogP contribution in [0.1, 0.15) is 35.7 Å². The molecule has 0 aromatic heterocycles. The van der Waals surface area contributed by atoms with Crippen molar-refractivity contribution in [2.24, 2.45) is 5.73 Å². The third-order valence-electron chi connectivity index (χ3n) is 3.47. The lowest BCUT2D eigenvalue weighted by molar-refractivity contribution is 0.0946. The van der Waals surface area contributed by atoms with Gasteiger partial charge in [0.1, 0.15) is 5.82 Å². The zero-order valence-electron chi connectivity index (χ0n) is 12.0. The molecule has 1 aromatic carbocycles. The molecule has 0 aliphatic carbocycles. The maximum Gasteiger partial charge on any atom is 0.254 e. The average molecular weight is 306 g/mol. The van der Waals surface area contributed by atoms with Crippen LogP contribution in [0.25, 0.3) is 0 Å². The van der Waals surface area contributed by atoms with Gasteiger partial charge >= 0.3 is 0 Å².